The Balaban J connectivity index is 0. The molecule has 8 heteroatoms. The van der Waals surface area contributed by atoms with Crippen molar-refractivity contribution in [3.63, 3.8) is 0 Å². The monoisotopic (exact) mass is 212 g/mol. The molecule has 0 aromatic rings. The van der Waals surface area contributed by atoms with Crippen LogP contribution >= 0.6 is 11.8 Å². The van der Waals surface area contributed by atoms with Gasteiger partial charge in [0, 0.05) is 0 Å². The Hall–Kier alpha value is -0.630. The van der Waals surface area contributed by atoms with Gasteiger partial charge in [0.1, 0.15) is 0 Å². The summed E-state index contributed by atoms with van der Waals surface area (Å²) in [4.78, 5) is 0. The second-order valence-corrected chi connectivity index (χ2v) is 2.09. The standard InChI is InChI=1S/C4F6S.H2O/c5-1(6)3(9)11-4(10)2(7)8;/h;1H2. The lowest BCUT2D eigenvalue weighted by atomic mass is 11.1. The van der Waals surface area contributed by atoms with Gasteiger partial charge in [0.2, 0.25) is 10.3 Å². The van der Waals surface area contributed by atoms with Crippen molar-refractivity contribution in [1.82, 2.24) is 0 Å². The van der Waals surface area contributed by atoms with Crippen LogP contribution in [0, 0.1) is 0 Å². The molecule has 0 aromatic carbocycles. The zero-order chi connectivity index (χ0) is 9.02. The van der Waals surface area contributed by atoms with Crippen molar-refractivity contribution < 1.29 is 31.8 Å². The molecule has 0 aliphatic rings. The third-order valence-corrected chi connectivity index (χ3v) is 1.14. The van der Waals surface area contributed by atoms with E-state index in [1.807, 2.05) is 0 Å². The van der Waals surface area contributed by atoms with Crippen LogP contribution < -0.4 is 0 Å². The van der Waals surface area contributed by atoms with E-state index in [4.69, 9.17) is 0 Å². The summed E-state index contributed by atoms with van der Waals surface area (Å²) in [5.74, 6) is 0. The van der Waals surface area contributed by atoms with Crippen molar-refractivity contribution in [3.8, 4) is 0 Å². The molecule has 0 bridgehead atoms. The molecule has 2 N–H and O–H groups in total. The molecule has 0 saturated heterocycles. The highest BCUT2D eigenvalue weighted by molar-refractivity contribution is 8.06. The largest absolute Gasteiger partial charge is 0.412 e. The molecule has 0 aliphatic heterocycles. The number of halogens is 6. The molecule has 0 radical (unpaired) electrons. The van der Waals surface area contributed by atoms with Crippen LogP contribution in [0.3, 0.4) is 0 Å². The fourth-order valence-corrected chi connectivity index (χ4v) is 0.467. The smallest absolute Gasteiger partial charge is 0.312 e. The molecule has 0 spiro atoms. The molecule has 0 unspecified atom stereocenters. The second kappa shape index (κ2) is 5.95. The summed E-state index contributed by atoms with van der Waals surface area (Å²) in [6.07, 6.45) is -5.65. The summed E-state index contributed by atoms with van der Waals surface area (Å²) in [5, 5.41) is -4.54. The zero-order valence-corrected chi connectivity index (χ0v) is 5.99. The van der Waals surface area contributed by atoms with Crippen LogP contribution in [0.15, 0.2) is 22.5 Å². The van der Waals surface area contributed by atoms with Crippen molar-refractivity contribution in [1.29, 1.82) is 0 Å². The van der Waals surface area contributed by atoms with E-state index in [9.17, 15) is 26.3 Å². The van der Waals surface area contributed by atoms with Gasteiger partial charge in [-0.05, 0) is 11.8 Å². The number of rotatable bonds is 2. The molecule has 12 heavy (non-hydrogen) atoms. The normalized spacial score (nSPS) is 8.50. The van der Waals surface area contributed by atoms with Gasteiger partial charge >= 0.3 is 12.2 Å². The lowest BCUT2D eigenvalue weighted by Gasteiger charge is -1.90. The molecule has 0 heterocycles. The summed E-state index contributed by atoms with van der Waals surface area (Å²) < 4.78 is 67.6. The Morgan fingerprint density at radius 2 is 0.917 bits per heavy atom. The Kier molecular flexibility index (Phi) is 6.91. The summed E-state index contributed by atoms with van der Waals surface area (Å²) in [6.45, 7) is 0. The molecule has 0 aromatic heterocycles. The maximum absolute atomic E-state index is 11.6. The molecule has 0 atom stereocenters. The fourth-order valence-electron chi connectivity index (χ4n) is 0.156. The van der Waals surface area contributed by atoms with Gasteiger partial charge in [0.05, 0.1) is 0 Å². The Morgan fingerprint density at radius 3 is 1.08 bits per heavy atom. The van der Waals surface area contributed by atoms with E-state index in [-0.39, 0.29) is 5.48 Å². The van der Waals surface area contributed by atoms with Crippen LogP contribution in [-0.2, 0) is 0 Å². The van der Waals surface area contributed by atoms with E-state index >= 15 is 0 Å². The first-order valence-electron chi connectivity index (χ1n) is 2.04. The molecular weight excluding hydrogens is 210 g/mol. The maximum Gasteiger partial charge on any atom is 0.312 e. The summed E-state index contributed by atoms with van der Waals surface area (Å²) in [6, 6.07) is 0. The van der Waals surface area contributed by atoms with Crippen LogP contribution in [0.25, 0.3) is 0 Å². The van der Waals surface area contributed by atoms with Gasteiger partial charge in [-0.3, -0.25) is 0 Å². The van der Waals surface area contributed by atoms with Gasteiger partial charge in [-0.15, -0.1) is 0 Å². The highest BCUT2D eigenvalue weighted by Gasteiger charge is 2.13. The third-order valence-electron chi connectivity index (χ3n) is 0.476. The highest BCUT2D eigenvalue weighted by Crippen LogP contribution is 2.33. The lowest BCUT2D eigenvalue weighted by Crippen LogP contribution is -1.71. The third kappa shape index (κ3) is 5.08. The topological polar surface area (TPSA) is 31.5 Å². The van der Waals surface area contributed by atoms with E-state index < -0.39 is 34.2 Å². The Morgan fingerprint density at radius 1 is 0.667 bits per heavy atom. The van der Waals surface area contributed by atoms with Crippen LogP contribution in [-0.4, -0.2) is 5.48 Å². The average molecular weight is 212 g/mol. The number of thioether (sulfide) groups is 1. The Labute approximate surface area is 67.1 Å². The molecule has 0 rings (SSSR count). The number of hydrogen-bond acceptors (Lipinski definition) is 1. The van der Waals surface area contributed by atoms with Gasteiger partial charge < -0.3 is 5.48 Å². The highest BCUT2D eigenvalue weighted by atomic mass is 32.2. The number of hydrogen-bond donors (Lipinski definition) is 0. The van der Waals surface area contributed by atoms with E-state index in [0.717, 1.165) is 0 Å². The Bertz CT molecular complexity index is 182. The molecule has 72 valence electrons. The average Bonchev–Trinajstić information content (AvgIpc) is 1.87. The van der Waals surface area contributed by atoms with Crippen LogP contribution in [0.5, 0.6) is 0 Å². The van der Waals surface area contributed by atoms with Crippen molar-refractivity contribution in [2.24, 2.45) is 0 Å². The molecular formula is C4H2F6OS. The predicted octanol–water partition coefficient (Wildman–Crippen LogP) is 2.97. The molecule has 0 fully saturated rings. The zero-order valence-electron chi connectivity index (χ0n) is 5.18. The predicted molar refractivity (Wildman–Crippen MR) is 31.9 cm³/mol. The fraction of sp³-hybridized carbons (Fsp3) is 0. The first kappa shape index (κ1) is 13.9. The van der Waals surface area contributed by atoms with E-state index in [0.29, 0.717) is 0 Å². The maximum atomic E-state index is 11.6. The quantitative estimate of drug-likeness (QED) is 0.647. The van der Waals surface area contributed by atoms with E-state index in [2.05, 4.69) is 0 Å². The lowest BCUT2D eigenvalue weighted by molar-refractivity contribution is 0.390. The van der Waals surface area contributed by atoms with E-state index in [1.54, 1.807) is 0 Å². The van der Waals surface area contributed by atoms with E-state index in [1.165, 1.54) is 0 Å². The van der Waals surface area contributed by atoms with Gasteiger partial charge in [0.15, 0.2) is 0 Å². The van der Waals surface area contributed by atoms with Crippen molar-refractivity contribution >= 4 is 11.8 Å². The summed E-state index contributed by atoms with van der Waals surface area (Å²) >= 11 is -0.958. The minimum Gasteiger partial charge on any atom is -0.412 e. The van der Waals surface area contributed by atoms with Crippen molar-refractivity contribution in [2.75, 3.05) is 0 Å². The summed E-state index contributed by atoms with van der Waals surface area (Å²) in [7, 11) is 0. The van der Waals surface area contributed by atoms with Crippen molar-refractivity contribution in [2.45, 2.75) is 0 Å². The molecule has 0 amide bonds. The van der Waals surface area contributed by atoms with Crippen LogP contribution in [0.1, 0.15) is 0 Å². The van der Waals surface area contributed by atoms with Crippen LogP contribution in [0.2, 0.25) is 0 Å². The minimum atomic E-state index is -2.83. The molecule has 0 aliphatic carbocycles. The molecule has 0 saturated carbocycles. The SMILES string of the molecule is FC(F)=C(F)SC(F)=C(F)F.O. The minimum absolute atomic E-state index is 0. The summed E-state index contributed by atoms with van der Waals surface area (Å²) in [5.41, 5.74) is 0. The van der Waals surface area contributed by atoms with Gasteiger partial charge in [0.25, 0.3) is 0 Å². The van der Waals surface area contributed by atoms with Gasteiger partial charge in [-0.25, -0.2) is 0 Å². The van der Waals surface area contributed by atoms with Gasteiger partial charge in [-0.2, -0.15) is 26.3 Å². The van der Waals surface area contributed by atoms with Crippen molar-refractivity contribution in [3.05, 3.63) is 22.5 Å². The first-order valence-corrected chi connectivity index (χ1v) is 2.86. The molecule has 1 nitrogen and oxygen atoms in total. The van der Waals surface area contributed by atoms with Gasteiger partial charge in [-0.1, -0.05) is 0 Å². The second-order valence-electron chi connectivity index (χ2n) is 1.17. The first-order chi connectivity index (χ1) is 4.95. The van der Waals surface area contributed by atoms with Crippen LogP contribution in [0.4, 0.5) is 26.3 Å².